The van der Waals surface area contributed by atoms with Crippen LogP contribution in [0.5, 0.6) is 0 Å². The first-order valence-electron chi connectivity index (χ1n) is 4.13. The van der Waals surface area contributed by atoms with Gasteiger partial charge in [0.2, 0.25) is 0 Å². The lowest BCUT2D eigenvalue weighted by Gasteiger charge is -2.41. The normalized spacial score (nSPS) is 36.8. The van der Waals surface area contributed by atoms with E-state index in [1.165, 1.54) is 0 Å². The standard InChI is InChI=1S/C8H17NO2/c1-11-4-2-3-8(10)5-7(9)6-8/h7,10H,2-6,9H2,1H3. The van der Waals surface area contributed by atoms with Crippen LogP contribution in [0.4, 0.5) is 0 Å². The average Bonchev–Trinajstić information content (AvgIpc) is 1.85. The maximum atomic E-state index is 9.67. The summed E-state index contributed by atoms with van der Waals surface area (Å²) in [7, 11) is 1.68. The van der Waals surface area contributed by atoms with E-state index in [-0.39, 0.29) is 6.04 Å². The summed E-state index contributed by atoms with van der Waals surface area (Å²) in [4.78, 5) is 0. The lowest BCUT2D eigenvalue weighted by atomic mass is 9.73. The van der Waals surface area contributed by atoms with Gasteiger partial charge in [-0.05, 0) is 25.7 Å². The minimum Gasteiger partial charge on any atom is -0.390 e. The van der Waals surface area contributed by atoms with Crippen LogP contribution in [0.25, 0.3) is 0 Å². The fraction of sp³-hybridized carbons (Fsp3) is 1.00. The number of rotatable bonds is 4. The summed E-state index contributed by atoms with van der Waals surface area (Å²) in [5.41, 5.74) is 5.11. The molecule has 1 aliphatic carbocycles. The average molecular weight is 159 g/mol. The fourth-order valence-electron chi connectivity index (χ4n) is 1.67. The first kappa shape index (κ1) is 8.97. The number of hydrogen-bond acceptors (Lipinski definition) is 3. The summed E-state index contributed by atoms with van der Waals surface area (Å²) in [6, 6.07) is 0.225. The Balaban J connectivity index is 2.07. The molecule has 0 heterocycles. The number of nitrogens with two attached hydrogens (primary N) is 1. The Kier molecular flexibility index (Phi) is 2.87. The second-order valence-corrected chi connectivity index (χ2v) is 3.49. The predicted molar refractivity (Wildman–Crippen MR) is 43.3 cm³/mol. The Morgan fingerprint density at radius 1 is 1.64 bits per heavy atom. The molecule has 0 aromatic heterocycles. The van der Waals surface area contributed by atoms with Crippen molar-refractivity contribution < 1.29 is 9.84 Å². The maximum Gasteiger partial charge on any atom is 0.0678 e. The molecule has 1 aliphatic rings. The molecule has 0 amide bonds. The Labute approximate surface area is 67.5 Å². The Morgan fingerprint density at radius 2 is 2.27 bits per heavy atom. The van der Waals surface area contributed by atoms with Crippen molar-refractivity contribution in [3.8, 4) is 0 Å². The summed E-state index contributed by atoms with van der Waals surface area (Å²) in [6.45, 7) is 0.734. The molecule has 3 heteroatoms. The zero-order chi connectivity index (χ0) is 8.32. The number of ether oxygens (including phenoxy) is 1. The monoisotopic (exact) mass is 159 g/mol. The van der Waals surface area contributed by atoms with E-state index in [1.807, 2.05) is 0 Å². The zero-order valence-corrected chi connectivity index (χ0v) is 7.05. The summed E-state index contributed by atoms with van der Waals surface area (Å²) >= 11 is 0. The molecule has 1 fully saturated rings. The molecule has 0 spiro atoms. The third-order valence-corrected chi connectivity index (χ3v) is 2.27. The second-order valence-electron chi connectivity index (χ2n) is 3.49. The van der Waals surface area contributed by atoms with Gasteiger partial charge in [0.15, 0.2) is 0 Å². The van der Waals surface area contributed by atoms with E-state index in [0.717, 1.165) is 32.3 Å². The van der Waals surface area contributed by atoms with Crippen molar-refractivity contribution in [2.75, 3.05) is 13.7 Å². The van der Waals surface area contributed by atoms with Gasteiger partial charge in [-0.15, -0.1) is 0 Å². The van der Waals surface area contributed by atoms with Gasteiger partial charge < -0.3 is 15.6 Å². The van der Waals surface area contributed by atoms with Gasteiger partial charge in [0.1, 0.15) is 0 Å². The molecular formula is C8H17NO2. The molecule has 11 heavy (non-hydrogen) atoms. The molecule has 66 valence electrons. The van der Waals surface area contributed by atoms with Crippen LogP contribution >= 0.6 is 0 Å². The van der Waals surface area contributed by atoms with Crippen LogP contribution in [0.1, 0.15) is 25.7 Å². The van der Waals surface area contributed by atoms with Crippen molar-refractivity contribution in [2.24, 2.45) is 5.73 Å². The van der Waals surface area contributed by atoms with Crippen LogP contribution in [-0.2, 0) is 4.74 Å². The van der Waals surface area contributed by atoms with Crippen LogP contribution in [0.3, 0.4) is 0 Å². The van der Waals surface area contributed by atoms with Crippen molar-refractivity contribution in [3.05, 3.63) is 0 Å². The van der Waals surface area contributed by atoms with Crippen LogP contribution in [0, 0.1) is 0 Å². The Bertz CT molecular complexity index is 121. The van der Waals surface area contributed by atoms with Crippen molar-refractivity contribution in [1.29, 1.82) is 0 Å². The molecule has 0 radical (unpaired) electrons. The number of hydrogen-bond donors (Lipinski definition) is 2. The Morgan fingerprint density at radius 3 is 2.73 bits per heavy atom. The van der Waals surface area contributed by atoms with Gasteiger partial charge in [0, 0.05) is 19.8 Å². The van der Waals surface area contributed by atoms with Crippen molar-refractivity contribution in [2.45, 2.75) is 37.3 Å². The summed E-state index contributed by atoms with van der Waals surface area (Å²) in [5.74, 6) is 0. The van der Waals surface area contributed by atoms with Crippen LogP contribution in [0.2, 0.25) is 0 Å². The second kappa shape index (κ2) is 3.52. The van der Waals surface area contributed by atoms with E-state index in [1.54, 1.807) is 7.11 Å². The maximum absolute atomic E-state index is 9.67. The highest BCUT2D eigenvalue weighted by Crippen LogP contribution is 2.34. The molecule has 3 nitrogen and oxygen atoms in total. The minimum atomic E-state index is -0.460. The third kappa shape index (κ3) is 2.43. The smallest absolute Gasteiger partial charge is 0.0678 e. The molecule has 0 bridgehead atoms. The van der Waals surface area contributed by atoms with Gasteiger partial charge >= 0.3 is 0 Å². The van der Waals surface area contributed by atoms with Crippen molar-refractivity contribution in [1.82, 2.24) is 0 Å². The molecule has 3 N–H and O–H groups in total. The Hall–Kier alpha value is -0.120. The highest BCUT2D eigenvalue weighted by molar-refractivity contribution is 4.96. The molecule has 0 aliphatic heterocycles. The number of methoxy groups -OCH3 is 1. The van der Waals surface area contributed by atoms with Gasteiger partial charge in [-0.2, -0.15) is 0 Å². The largest absolute Gasteiger partial charge is 0.390 e. The van der Waals surface area contributed by atoms with Crippen molar-refractivity contribution >= 4 is 0 Å². The third-order valence-electron chi connectivity index (χ3n) is 2.27. The minimum absolute atomic E-state index is 0.225. The van der Waals surface area contributed by atoms with Gasteiger partial charge in [-0.25, -0.2) is 0 Å². The first-order chi connectivity index (χ1) is 5.16. The topological polar surface area (TPSA) is 55.5 Å². The van der Waals surface area contributed by atoms with E-state index in [2.05, 4.69) is 0 Å². The van der Waals surface area contributed by atoms with Crippen LogP contribution < -0.4 is 5.73 Å². The van der Waals surface area contributed by atoms with Gasteiger partial charge in [-0.3, -0.25) is 0 Å². The lowest BCUT2D eigenvalue weighted by molar-refractivity contribution is -0.0575. The SMILES string of the molecule is COCCCC1(O)CC(N)C1. The summed E-state index contributed by atoms with van der Waals surface area (Å²) in [5, 5.41) is 9.67. The highest BCUT2D eigenvalue weighted by atomic mass is 16.5. The first-order valence-corrected chi connectivity index (χ1v) is 4.13. The zero-order valence-electron chi connectivity index (χ0n) is 7.05. The van der Waals surface area contributed by atoms with E-state index in [9.17, 15) is 5.11 Å². The van der Waals surface area contributed by atoms with E-state index < -0.39 is 5.60 Å². The summed E-state index contributed by atoms with van der Waals surface area (Å²) < 4.78 is 4.89. The van der Waals surface area contributed by atoms with Gasteiger partial charge in [-0.1, -0.05) is 0 Å². The molecule has 0 atom stereocenters. The lowest BCUT2D eigenvalue weighted by Crippen LogP contribution is -2.51. The van der Waals surface area contributed by atoms with E-state index in [4.69, 9.17) is 10.5 Å². The molecule has 0 aromatic carbocycles. The fourth-order valence-corrected chi connectivity index (χ4v) is 1.67. The molecule has 1 rings (SSSR count). The molecule has 0 aromatic rings. The van der Waals surface area contributed by atoms with Gasteiger partial charge in [0.25, 0.3) is 0 Å². The van der Waals surface area contributed by atoms with E-state index in [0.29, 0.717) is 0 Å². The summed E-state index contributed by atoms with van der Waals surface area (Å²) in [6.07, 6.45) is 3.28. The van der Waals surface area contributed by atoms with Crippen molar-refractivity contribution in [3.63, 3.8) is 0 Å². The molecule has 1 saturated carbocycles. The molecular weight excluding hydrogens is 142 g/mol. The van der Waals surface area contributed by atoms with E-state index >= 15 is 0 Å². The van der Waals surface area contributed by atoms with Crippen LogP contribution in [0.15, 0.2) is 0 Å². The van der Waals surface area contributed by atoms with Crippen LogP contribution in [-0.4, -0.2) is 30.5 Å². The number of aliphatic hydroxyl groups is 1. The predicted octanol–water partition coefficient (Wildman–Crippen LogP) is 0.265. The molecule has 0 unspecified atom stereocenters. The quantitative estimate of drug-likeness (QED) is 0.579. The highest BCUT2D eigenvalue weighted by Gasteiger charge is 2.39. The van der Waals surface area contributed by atoms with Gasteiger partial charge in [0.05, 0.1) is 5.60 Å². The molecule has 0 saturated heterocycles.